The summed E-state index contributed by atoms with van der Waals surface area (Å²) in [7, 11) is 7.25. The number of esters is 1. The number of aromatic nitrogens is 1. The fraction of sp³-hybridized carbons (Fsp3) is 0.333. The van der Waals surface area contributed by atoms with Crippen LogP contribution in [0.15, 0.2) is 67.3 Å². The minimum absolute atomic E-state index is 0.103. The molecule has 2 heterocycles. The van der Waals surface area contributed by atoms with Gasteiger partial charge >= 0.3 is 5.97 Å². The van der Waals surface area contributed by atoms with Crippen LogP contribution in [0, 0.1) is 5.92 Å². The Hall–Kier alpha value is -4.34. The number of benzene rings is 2. The van der Waals surface area contributed by atoms with Gasteiger partial charge in [0.1, 0.15) is 29.2 Å². The van der Waals surface area contributed by atoms with E-state index >= 15 is 0 Å². The van der Waals surface area contributed by atoms with Gasteiger partial charge in [0, 0.05) is 35.4 Å². The summed E-state index contributed by atoms with van der Waals surface area (Å²) < 4.78 is 17.0. The number of carbonyl (C=O) groups is 3. The molecule has 204 valence electrons. The molecule has 9 nitrogen and oxygen atoms in total. The van der Waals surface area contributed by atoms with Crippen molar-refractivity contribution in [2.75, 3.05) is 20.3 Å². The lowest BCUT2D eigenvalue weighted by molar-refractivity contribution is -0.149. The summed E-state index contributed by atoms with van der Waals surface area (Å²) in [6, 6.07) is 16.1. The largest absolute Gasteiger partial charge is 0.497 e. The average molecular weight is 539 g/mol. The number of ether oxygens (including phenoxy) is 3. The van der Waals surface area contributed by atoms with Gasteiger partial charge < -0.3 is 24.4 Å². The smallest absolute Gasteiger partial charge is 0.332 e. The van der Waals surface area contributed by atoms with E-state index < -0.39 is 35.4 Å². The molecule has 1 aliphatic heterocycles. The van der Waals surface area contributed by atoms with Crippen molar-refractivity contribution in [1.29, 1.82) is 0 Å². The predicted molar refractivity (Wildman–Crippen MR) is 150 cm³/mol. The van der Waals surface area contributed by atoms with E-state index in [2.05, 4.69) is 11.9 Å². The molecule has 2 fully saturated rings. The lowest BCUT2D eigenvalue weighted by Gasteiger charge is -2.25. The molecule has 1 aromatic heterocycles. The maximum Gasteiger partial charge on any atom is 0.332 e. The summed E-state index contributed by atoms with van der Waals surface area (Å²) in [6.45, 7) is 5.75. The van der Waals surface area contributed by atoms with Crippen LogP contribution < -0.4 is 14.8 Å². The van der Waals surface area contributed by atoms with E-state index in [1.807, 2.05) is 54.6 Å². The van der Waals surface area contributed by atoms with Crippen LogP contribution in [0.5, 0.6) is 11.5 Å². The standard InChI is InChI=1S/C30H30BN3O6/c1-4-19-16-30(19,28(36)39-5-2)33-27(35)25-14-21(17-34(25)29(31)37)40-26-15-23(18-9-7-6-8-10-18)32-24-13-20(38-3)11-12-22(24)26/h4,6-13,15,19,21,25H,1,5,14,16-17H2,2-3H3,(H,33,35)/t19?,21-,25+,30-/m1/s1. The molecule has 40 heavy (non-hydrogen) atoms. The highest BCUT2D eigenvalue weighted by Gasteiger charge is 2.62. The number of hydrogen-bond acceptors (Lipinski definition) is 7. The zero-order valence-corrected chi connectivity index (χ0v) is 22.5. The minimum Gasteiger partial charge on any atom is -0.497 e. The van der Waals surface area contributed by atoms with Crippen LogP contribution >= 0.6 is 0 Å². The maximum atomic E-state index is 13.4. The van der Waals surface area contributed by atoms with E-state index in [1.165, 1.54) is 4.90 Å². The fourth-order valence-electron chi connectivity index (χ4n) is 5.28. The zero-order chi connectivity index (χ0) is 28.4. The van der Waals surface area contributed by atoms with Gasteiger partial charge in [-0.05, 0) is 25.5 Å². The Labute approximate surface area is 233 Å². The van der Waals surface area contributed by atoms with Crippen LogP contribution in [0.2, 0.25) is 0 Å². The van der Waals surface area contributed by atoms with Crippen molar-refractivity contribution in [1.82, 2.24) is 15.2 Å². The van der Waals surface area contributed by atoms with Crippen LogP contribution in [-0.4, -0.2) is 73.4 Å². The highest BCUT2D eigenvalue weighted by atomic mass is 16.5. The summed E-state index contributed by atoms with van der Waals surface area (Å²) in [6.07, 6.45) is 1.66. The van der Waals surface area contributed by atoms with Crippen molar-refractivity contribution < 1.29 is 28.6 Å². The molecule has 1 saturated carbocycles. The summed E-state index contributed by atoms with van der Waals surface area (Å²) in [5, 5.41) is 3.58. The lowest BCUT2D eigenvalue weighted by Crippen LogP contribution is -2.53. The molecular formula is C30H30BN3O6. The molecular weight excluding hydrogens is 509 g/mol. The van der Waals surface area contributed by atoms with Gasteiger partial charge in [-0.3, -0.25) is 9.59 Å². The van der Waals surface area contributed by atoms with Gasteiger partial charge in [-0.25, -0.2) is 9.78 Å². The molecule has 3 aromatic rings. The number of likely N-dealkylation sites (tertiary alicyclic amines) is 1. The van der Waals surface area contributed by atoms with Crippen LogP contribution in [0.4, 0.5) is 4.79 Å². The Balaban J connectivity index is 1.42. The molecule has 0 bridgehead atoms. The molecule has 1 unspecified atom stereocenters. The molecule has 0 spiro atoms. The van der Waals surface area contributed by atoms with Crippen molar-refractivity contribution in [2.45, 2.75) is 37.5 Å². The van der Waals surface area contributed by atoms with E-state index in [0.29, 0.717) is 29.1 Å². The third kappa shape index (κ3) is 5.13. The normalized spacial score (nSPS) is 23.4. The summed E-state index contributed by atoms with van der Waals surface area (Å²) in [5.74, 6) is -0.793. The molecule has 2 aliphatic rings. The Morgan fingerprint density at radius 1 is 1.20 bits per heavy atom. The van der Waals surface area contributed by atoms with Crippen molar-refractivity contribution >= 4 is 36.4 Å². The lowest BCUT2D eigenvalue weighted by atomic mass is 10.1. The molecule has 2 amide bonds. The van der Waals surface area contributed by atoms with E-state index in [9.17, 15) is 14.4 Å². The van der Waals surface area contributed by atoms with Crippen LogP contribution in [0.25, 0.3) is 22.2 Å². The van der Waals surface area contributed by atoms with Crippen molar-refractivity contribution in [3.8, 4) is 22.8 Å². The number of fused-ring (bicyclic) bond motifs is 1. The monoisotopic (exact) mass is 539 g/mol. The van der Waals surface area contributed by atoms with Gasteiger partial charge in [-0.2, -0.15) is 0 Å². The number of hydrogen-bond donors (Lipinski definition) is 1. The molecule has 1 N–H and O–H groups in total. The van der Waals surface area contributed by atoms with E-state index in [1.54, 1.807) is 20.1 Å². The molecule has 2 aromatic carbocycles. The minimum atomic E-state index is -1.18. The molecule has 10 heteroatoms. The van der Waals surface area contributed by atoms with Crippen LogP contribution in [0.3, 0.4) is 0 Å². The second kappa shape index (κ2) is 11.0. The van der Waals surface area contributed by atoms with Crippen molar-refractivity contribution in [3.63, 3.8) is 0 Å². The third-order valence-corrected chi connectivity index (χ3v) is 7.48. The summed E-state index contributed by atoms with van der Waals surface area (Å²) in [5.41, 5.74) is 1.11. The molecule has 2 radical (unpaired) electrons. The van der Waals surface area contributed by atoms with Crippen LogP contribution in [0.1, 0.15) is 19.8 Å². The van der Waals surface area contributed by atoms with Crippen LogP contribution in [-0.2, 0) is 14.3 Å². The highest BCUT2D eigenvalue weighted by Crippen LogP contribution is 2.45. The number of amides is 2. The first-order chi connectivity index (χ1) is 19.3. The topological polar surface area (TPSA) is 107 Å². The Morgan fingerprint density at radius 2 is 1.98 bits per heavy atom. The Kier molecular flexibility index (Phi) is 7.52. The summed E-state index contributed by atoms with van der Waals surface area (Å²) in [4.78, 5) is 44.5. The number of nitrogens with zero attached hydrogens (tertiary/aromatic N) is 2. The number of carbonyl (C=O) groups excluding carboxylic acids is 3. The number of rotatable bonds is 9. The number of methoxy groups -OCH3 is 1. The molecule has 1 aliphatic carbocycles. The molecule has 1 saturated heterocycles. The first-order valence-electron chi connectivity index (χ1n) is 13.2. The van der Waals surface area contributed by atoms with Crippen molar-refractivity contribution in [3.05, 3.63) is 67.3 Å². The zero-order valence-electron chi connectivity index (χ0n) is 22.5. The fourth-order valence-corrected chi connectivity index (χ4v) is 5.28. The molecule has 5 rings (SSSR count). The van der Waals surface area contributed by atoms with Gasteiger partial charge in [0.15, 0.2) is 5.81 Å². The molecule has 4 atom stereocenters. The second-order valence-corrected chi connectivity index (χ2v) is 9.96. The average Bonchev–Trinajstić information content (AvgIpc) is 3.51. The first kappa shape index (κ1) is 27.2. The number of pyridine rings is 1. The quantitative estimate of drug-likeness (QED) is 0.251. The highest BCUT2D eigenvalue weighted by molar-refractivity contribution is 6.57. The van der Waals surface area contributed by atoms with E-state index in [0.717, 1.165) is 10.9 Å². The maximum absolute atomic E-state index is 13.4. The van der Waals surface area contributed by atoms with Gasteiger partial charge in [0.2, 0.25) is 13.8 Å². The predicted octanol–water partition coefficient (Wildman–Crippen LogP) is 3.64. The summed E-state index contributed by atoms with van der Waals surface area (Å²) >= 11 is 0. The van der Waals surface area contributed by atoms with E-state index in [-0.39, 0.29) is 25.5 Å². The third-order valence-electron chi connectivity index (χ3n) is 7.48. The van der Waals surface area contributed by atoms with Gasteiger partial charge in [-0.15, -0.1) is 6.58 Å². The van der Waals surface area contributed by atoms with E-state index in [4.69, 9.17) is 27.0 Å². The van der Waals surface area contributed by atoms with Crippen molar-refractivity contribution in [2.24, 2.45) is 5.92 Å². The number of nitrogens with one attached hydrogen (secondary N) is 1. The van der Waals surface area contributed by atoms with Gasteiger partial charge in [0.25, 0.3) is 0 Å². The Bertz CT molecular complexity index is 1460. The second-order valence-electron chi connectivity index (χ2n) is 9.96. The Morgan fingerprint density at radius 3 is 2.62 bits per heavy atom. The van der Waals surface area contributed by atoms with Gasteiger partial charge in [0.05, 0.1) is 31.5 Å². The SMILES string of the molecule is [B]C(=O)N1C[C@H](Oc2cc(-c3ccccc3)nc3cc(OC)ccc23)C[C@H]1C(=O)N[C@]1(C(=O)OCC)CC1C=C. The van der Waals surface area contributed by atoms with Gasteiger partial charge in [-0.1, -0.05) is 36.4 Å². The first-order valence-corrected chi connectivity index (χ1v) is 13.2.